The van der Waals surface area contributed by atoms with Gasteiger partial charge in [0.25, 0.3) is 0 Å². The fraction of sp³-hybridized carbons (Fsp3) is 0.480. The second kappa shape index (κ2) is 7.67. The molecule has 0 saturated heterocycles. The summed E-state index contributed by atoms with van der Waals surface area (Å²) < 4.78 is 0. The first kappa shape index (κ1) is 18.7. The zero-order chi connectivity index (χ0) is 18.7. The highest BCUT2D eigenvalue weighted by Gasteiger charge is 2.43. The third kappa shape index (κ3) is 4.36. The monoisotopic (exact) mass is 345 g/mol. The highest BCUT2D eigenvalue weighted by molar-refractivity contribution is 5.32. The Bertz CT molecular complexity index is 792. The summed E-state index contributed by atoms with van der Waals surface area (Å²) in [5.41, 5.74) is 5.60. The predicted molar refractivity (Wildman–Crippen MR) is 109 cm³/mol. The molecule has 1 nitrogen and oxygen atoms in total. The number of nitriles is 1. The highest BCUT2D eigenvalue weighted by Crippen LogP contribution is 2.51. The standard InChI is InChI=1S/C25H31N/c1-18(2)22-8-6-10-24(15-22)19(3)13-21-7-5-9-23(14-21)20(4)16-25(17-26)11-12-25/h5-10,14-15,18-20H,11-13,16H2,1-4H3. The largest absolute Gasteiger partial charge is 0.198 e. The van der Waals surface area contributed by atoms with Gasteiger partial charge in [0, 0.05) is 0 Å². The van der Waals surface area contributed by atoms with E-state index in [2.05, 4.69) is 82.3 Å². The lowest BCUT2D eigenvalue weighted by Gasteiger charge is -2.18. The third-order valence-electron chi connectivity index (χ3n) is 6.00. The SMILES string of the molecule is CC(C)c1cccc(C(C)Cc2cccc(C(C)CC3(C#N)CC3)c2)c1. The molecule has 0 radical (unpaired) electrons. The molecule has 1 heteroatoms. The molecular weight excluding hydrogens is 314 g/mol. The molecular formula is C25H31N. The van der Waals surface area contributed by atoms with Gasteiger partial charge in [-0.2, -0.15) is 5.26 Å². The van der Waals surface area contributed by atoms with E-state index in [9.17, 15) is 5.26 Å². The zero-order valence-electron chi connectivity index (χ0n) is 16.6. The van der Waals surface area contributed by atoms with Crippen molar-refractivity contribution in [2.75, 3.05) is 0 Å². The van der Waals surface area contributed by atoms with Crippen LogP contribution in [0.3, 0.4) is 0 Å². The molecule has 2 aromatic rings. The van der Waals surface area contributed by atoms with Crippen molar-refractivity contribution in [3.63, 3.8) is 0 Å². The van der Waals surface area contributed by atoms with Crippen molar-refractivity contribution in [3.05, 3.63) is 70.8 Å². The van der Waals surface area contributed by atoms with E-state index in [4.69, 9.17) is 0 Å². The summed E-state index contributed by atoms with van der Waals surface area (Å²) in [6.45, 7) is 9.10. The van der Waals surface area contributed by atoms with E-state index in [1.807, 2.05) is 0 Å². The Balaban J connectivity index is 1.70. The number of hydrogen-bond donors (Lipinski definition) is 0. The molecule has 1 aliphatic rings. The van der Waals surface area contributed by atoms with E-state index in [0.717, 1.165) is 25.7 Å². The van der Waals surface area contributed by atoms with Crippen LogP contribution in [0, 0.1) is 16.7 Å². The molecule has 1 aliphatic carbocycles. The Hall–Kier alpha value is -2.07. The van der Waals surface area contributed by atoms with Crippen LogP contribution < -0.4 is 0 Å². The average molecular weight is 346 g/mol. The van der Waals surface area contributed by atoms with Gasteiger partial charge >= 0.3 is 0 Å². The molecule has 0 N–H and O–H groups in total. The molecule has 26 heavy (non-hydrogen) atoms. The summed E-state index contributed by atoms with van der Waals surface area (Å²) in [5, 5.41) is 9.36. The van der Waals surface area contributed by atoms with Gasteiger partial charge in [-0.05, 0) is 65.7 Å². The van der Waals surface area contributed by atoms with Gasteiger partial charge in [0.2, 0.25) is 0 Å². The van der Waals surface area contributed by atoms with Gasteiger partial charge in [-0.25, -0.2) is 0 Å². The van der Waals surface area contributed by atoms with Gasteiger partial charge in [0.05, 0.1) is 11.5 Å². The second-order valence-corrected chi connectivity index (χ2v) is 8.67. The lowest BCUT2D eigenvalue weighted by molar-refractivity contribution is 0.528. The lowest BCUT2D eigenvalue weighted by atomic mass is 9.86. The Labute approximate surface area is 159 Å². The van der Waals surface area contributed by atoms with Crippen molar-refractivity contribution in [2.24, 2.45) is 5.41 Å². The van der Waals surface area contributed by atoms with E-state index < -0.39 is 0 Å². The summed E-state index contributed by atoms with van der Waals surface area (Å²) in [6, 6.07) is 20.6. The molecule has 0 amide bonds. The minimum absolute atomic E-state index is 0.0278. The van der Waals surface area contributed by atoms with Crippen LogP contribution in [-0.4, -0.2) is 0 Å². The maximum absolute atomic E-state index is 9.36. The highest BCUT2D eigenvalue weighted by atomic mass is 14.5. The van der Waals surface area contributed by atoms with E-state index in [1.165, 1.54) is 22.3 Å². The first-order valence-corrected chi connectivity index (χ1v) is 10.0. The fourth-order valence-corrected chi connectivity index (χ4v) is 3.94. The molecule has 136 valence electrons. The van der Waals surface area contributed by atoms with E-state index >= 15 is 0 Å². The van der Waals surface area contributed by atoms with Crippen LogP contribution in [0.1, 0.15) is 87.0 Å². The maximum Gasteiger partial charge on any atom is 0.0689 e. The molecule has 2 unspecified atom stereocenters. The average Bonchev–Trinajstić information content (AvgIpc) is 3.42. The smallest absolute Gasteiger partial charge is 0.0689 e. The topological polar surface area (TPSA) is 23.8 Å². The molecule has 1 fully saturated rings. The van der Waals surface area contributed by atoms with Gasteiger partial charge in [-0.15, -0.1) is 0 Å². The van der Waals surface area contributed by atoms with Crippen LogP contribution in [0.25, 0.3) is 0 Å². The van der Waals surface area contributed by atoms with Crippen molar-refractivity contribution in [1.82, 2.24) is 0 Å². The van der Waals surface area contributed by atoms with Gasteiger partial charge in [0.1, 0.15) is 0 Å². The molecule has 2 aromatic carbocycles. The van der Waals surface area contributed by atoms with Crippen molar-refractivity contribution in [3.8, 4) is 6.07 Å². The Kier molecular flexibility index (Phi) is 5.52. The second-order valence-electron chi connectivity index (χ2n) is 8.67. The Morgan fingerprint density at radius 3 is 2.12 bits per heavy atom. The first-order chi connectivity index (χ1) is 12.4. The van der Waals surface area contributed by atoms with Gasteiger partial charge in [-0.3, -0.25) is 0 Å². The third-order valence-corrected chi connectivity index (χ3v) is 6.00. The molecule has 0 aliphatic heterocycles. The van der Waals surface area contributed by atoms with Crippen molar-refractivity contribution in [2.45, 2.75) is 71.1 Å². The van der Waals surface area contributed by atoms with Gasteiger partial charge in [-0.1, -0.05) is 76.2 Å². The van der Waals surface area contributed by atoms with Gasteiger partial charge < -0.3 is 0 Å². The van der Waals surface area contributed by atoms with Crippen LogP contribution >= 0.6 is 0 Å². The van der Waals surface area contributed by atoms with Crippen LogP contribution in [0.2, 0.25) is 0 Å². The first-order valence-electron chi connectivity index (χ1n) is 10.0. The Morgan fingerprint density at radius 2 is 1.50 bits per heavy atom. The summed E-state index contributed by atoms with van der Waals surface area (Å²) in [6.07, 6.45) is 4.22. The summed E-state index contributed by atoms with van der Waals surface area (Å²) in [5.74, 6) is 1.53. The predicted octanol–water partition coefficient (Wildman–Crippen LogP) is 6.95. The molecule has 0 spiro atoms. The summed E-state index contributed by atoms with van der Waals surface area (Å²) in [4.78, 5) is 0. The minimum atomic E-state index is -0.0278. The molecule has 0 bridgehead atoms. The number of nitrogens with zero attached hydrogens (tertiary/aromatic N) is 1. The zero-order valence-corrected chi connectivity index (χ0v) is 16.6. The van der Waals surface area contributed by atoms with Crippen molar-refractivity contribution >= 4 is 0 Å². The van der Waals surface area contributed by atoms with E-state index in [-0.39, 0.29) is 5.41 Å². The van der Waals surface area contributed by atoms with Crippen molar-refractivity contribution in [1.29, 1.82) is 5.26 Å². The Morgan fingerprint density at radius 1 is 0.885 bits per heavy atom. The van der Waals surface area contributed by atoms with E-state index in [0.29, 0.717) is 17.8 Å². The number of rotatable bonds is 7. The van der Waals surface area contributed by atoms with Crippen molar-refractivity contribution < 1.29 is 0 Å². The quantitative estimate of drug-likeness (QED) is 0.532. The van der Waals surface area contributed by atoms with Crippen LogP contribution in [-0.2, 0) is 6.42 Å². The minimum Gasteiger partial charge on any atom is -0.198 e. The lowest BCUT2D eigenvalue weighted by Crippen LogP contribution is -2.05. The normalized spacial score (nSPS) is 17.5. The summed E-state index contributed by atoms with van der Waals surface area (Å²) >= 11 is 0. The summed E-state index contributed by atoms with van der Waals surface area (Å²) in [7, 11) is 0. The molecule has 1 saturated carbocycles. The van der Waals surface area contributed by atoms with Crippen LogP contribution in [0.5, 0.6) is 0 Å². The molecule has 2 atom stereocenters. The fourth-order valence-electron chi connectivity index (χ4n) is 3.94. The number of hydrogen-bond acceptors (Lipinski definition) is 1. The molecule has 3 rings (SSSR count). The van der Waals surface area contributed by atoms with Gasteiger partial charge in [0.15, 0.2) is 0 Å². The van der Waals surface area contributed by atoms with E-state index in [1.54, 1.807) is 0 Å². The van der Waals surface area contributed by atoms with Crippen LogP contribution in [0.4, 0.5) is 0 Å². The molecule has 0 aromatic heterocycles. The van der Waals surface area contributed by atoms with Crippen LogP contribution in [0.15, 0.2) is 48.5 Å². The number of benzene rings is 2. The maximum atomic E-state index is 9.36. The molecule has 0 heterocycles.